The maximum atomic E-state index is 12.5. The fourth-order valence-corrected chi connectivity index (χ4v) is 3.99. The van der Waals surface area contributed by atoms with Crippen molar-refractivity contribution in [2.24, 2.45) is 5.73 Å². The smallest absolute Gasteiger partial charge is 0.260 e. The average Bonchev–Trinajstić information content (AvgIpc) is 3.37. The molecule has 1 aliphatic carbocycles. The van der Waals surface area contributed by atoms with Crippen LogP contribution in [0.5, 0.6) is 5.75 Å². The monoisotopic (exact) mass is 370 g/mol. The van der Waals surface area contributed by atoms with Gasteiger partial charge in [0.25, 0.3) is 5.91 Å². The van der Waals surface area contributed by atoms with E-state index in [4.69, 9.17) is 15.0 Å². The number of likely N-dealkylation sites (tertiary alicyclic amines) is 1. The first-order valence-corrected chi connectivity index (χ1v) is 9.73. The molecule has 2 fully saturated rings. The summed E-state index contributed by atoms with van der Waals surface area (Å²) in [6.45, 7) is 1.35. The Morgan fingerprint density at radius 1 is 1.26 bits per heavy atom. The van der Waals surface area contributed by atoms with Gasteiger partial charge in [-0.05, 0) is 37.8 Å². The molecule has 2 N–H and O–H groups in total. The van der Waals surface area contributed by atoms with Gasteiger partial charge in [-0.1, -0.05) is 36.2 Å². The third kappa shape index (κ3) is 3.98. The Labute approximate surface area is 158 Å². The minimum atomic E-state index is -0.449. The molecule has 1 aromatic carbocycles. The predicted octanol–water partition coefficient (Wildman–Crippen LogP) is 2.58. The highest BCUT2D eigenvalue weighted by atomic mass is 16.5. The van der Waals surface area contributed by atoms with Crippen LogP contribution in [0.1, 0.15) is 56.2 Å². The number of ether oxygens (including phenoxy) is 1. The topological polar surface area (TPSA) is 94.5 Å². The molecule has 4 rings (SSSR count). The lowest BCUT2D eigenvalue weighted by Crippen LogP contribution is -2.41. The minimum Gasteiger partial charge on any atom is -0.484 e. The number of hydrogen-bond acceptors (Lipinski definition) is 6. The van der Waals surface area contributed by atoms with Gasteiger partial charge >= 0.3 is 0 Å². The van der Waals surface area contributed by atoms with Gasteiger partial charge in [-0.15, -0.1) is 0 Å². The molecule has 2 aromatic rings. The third-order valence-corrected chi connectivity index (χ3v) is 5.61. The Bertz CT molecular complexity index is 771. The second-order valence-corrected chi connectivity index (χ2v) is 7.60. The molecule has 2 heterocycles. The van der Waals surface area contributed by atoms with E-state index in [-0.39, 0.29) is 18.4 Å². The van der Waals surface area contributed by atoms with Crippen molar-refractivity contribution in [3.8, 4) is 5.75 Å². The van der Waals surface area contributed by atoms with Gasteiger partial charge in [0.15, 0.2) is 12.4 Å². The normalized spacial score (nSPS) is 22.0. The zero-order chi connectivity index (χ0) is 18.7. The summed E-state index contributed by atoms with van der Waals surface area (Å²) >= 11 is 0. The number of amides is 1. The summed E-state index contributed by atoms with van der Waals surface area (Å²) in [4.78, 5) is 19.0. The summed E-state index contributed by atoms with van der Waals surface area (Å²) in [6.07, 6.45) is 5.85. The number of benzene rings is 1. The van der Waals surface area contributed by atoms with Gasteiger partial charge in [0.1, 0.15) is 5.75 Å². The highest BCUT2D eigenvalue weighted by molar-refractivity contribution is 5.78. The Balaban J connectivity index is 1.36. The fraction of sp³-hybridized carbons (Fsp3) is 0.550. The number of carbonyl (C=O) groups is 1. The second-order valence-electron chi connectivity index (χ2n) is 7.60. The van der Waals surface area contributed by atoms with Gasteiger partial charge in [0.2, 0.25) is 5.89 Å². The van der Waals surface area contributed by atoms with Crippen molar-refractivity contribution in [2.75, 3.05) is 19.7 Å². The standard InChI is InChI=1S/C20H26N4O3/c21-20(10-4-5-11-20)19-22-18(27-23-19)15-7-6-12-24(13-15)17(25)14-26-16-8-2-1-3-9-16/h1-3,8-9,15H,4-7,10-14,21H2. The molecule has 0 spiro atoms. The predicted molar refractivity (Wildman–Crippen MR) is 99.1 cm³/mol. The van der Waals surface area contributed by atoms with Crippen LogP contribution in [0.25, 0.3) is 0 Å². The molecule has 1 amide bonds. The van der Waals surface area contributed by atoms with E-state index >= 15 is 0 Å². The van der Waals surface area contributed by atoms with Crippen LogP contribution in [0.4, 0.5) is 0 Å². The van der Waals surface area contributed by atoms with Crippen LogP contribution in [0.15, 0.2) is 34.9 Å². The van der Waals surface area contributed by atoms with Crippen LogP contribution in [-0.4, -0.2) is 40.6 Å². The Morgan fingerprint density at radius 2 is 2.04 bits per heavy atom. The van der Waals surface area contributed by atoms with E-state index in [2.05, 4.69) is 10.1 Å². The maximum Gasteiger partial charge on any atom is 0.260 e. The molecule has 144 valence electrons. The number of carbonyl (C=O) groups excluding carboxylic acids is 1. The lowest BCUT2D eigenvalue weighted by Gasteiger charge is -2.31. The van der Waals surface area contributed by atoms with Crippen molar-refractivity contribution < 1.29 is 14.1 Å². The van der Waals surface area contributed by atoms with E-state index in [0.717, 1.165) is 45.1 Å². The van der Waals surface area contributed by atoms with Crippen LogP contribution in [-0.2, 0) is 10.3 Å². The molecule has 2 aliphatic rings. The summed E-state index contributed by atoms with van der Waals surface area (Å²) < 4.78 is 11.1. The summed E-state index contributed by atoms with van der Waals surface area (Å²) in [5.74, 6) is 1.96. The van der Waals surface area contributed by atoms with Gasteiger partial charge in [-0.2, -0.15) is 4.98 Å². The molecular formula is C20H26N4O3. The van der Waals surface area contributed by atoms with E-state index in [9.17, 15) is 4.79 Å². The number of aromatic nitrogens is 2. The SMILES string of the molecule is NC1(c2noc(C3CCCN(C(=O)COc4ccccc4)C3)n2)CCCC1. The van der Waals surface area contributed by atoms with Gasteiger partial charge in [-0.25, -0.2) is 0 Å². The Hall–Kier alpha value is -2.41. The van der Waals surface area contributed by atoms with Crippen molar-refractivity contribution in [3.05, 3.63) is 42.0 Å². The number of rotatable bonds is 5. The molecule has 1 saturated heterocycles. The number of nitrogens with two attached hydrogens (primary N) is 1. The van der Waals surface area contributed by atoms with E-state index < -0.39 is 5.54 Å². The first-order chi connectivity index (χ1) is 13.1. The highest BCUT2D eigenvalue weighted by Crippen LogP contribution is 2.35. The summed E-state index contributed by atoms with van der Waals surface area (Å²) in [5.41, 5.74) is 5.98. The summed E-state index contributed by atoms with van der Waals surface area (Å²) in [6, 6.07) is 9.38. The van der Waals surface area contributed by atoms with E-state index in [1.165, 1.54) is 0 Å². The molecule has 1 unspecified atom stereocenters. The molecule has 1 aliphatic heterocycles. The second kappa shape index (κ2) is 7.68. The van der Waals surface area contributed by atoms with Crippen molar-refractivity contribution in [1.29, 1.82) is 0 Å². The minimum absolute atomic E-state index is 0.0191. The molecule has 1 saturated carbocycles. The number of nitrogens with zero attached hydrogens (tertiary/aromatic N) is 3. The van der Waals surface area contributed by atoms with Gasteiger partial charge in [0.05, 0.1) is 11.5 Å². The molecule has 0 bridgehead atoms. The first kappa shape index (κ1) is 18.0. The number of para-hydroxylation sites is 1. The van der Waals surface area contributed by atoms with Crippen LogP contribution < -0.4 is 10.5 Å². The lowest BCUT2D eigenvalue weighted by atomic mass is 9.96. The lowest BCUT2D eigenvalue weighted by molar-refractivity contribution is -0.134. The molecule has 1 aromatic heterocycles. The fourth-order valence-electron chi connectivity index (χ4n) is 3.99. The van der Waals surface area contributed by atoms with Crippen molar-refractivity contribution in [2.45, 2.75) is 50.0 Å². The van der Waals surface area contributed by atoms with Crippen molar-refractivity contribution >= 4 is 5.91 Å². The van der Waals surface area contributed by atoms with Crippen molar-refractivity contribution in [3.63, 3.8) is 0 Å². The highest BCUT2D eigenvalue weighted by Gasteiger charge is 2.37. The largest absolute Gasteiger partial charge is 0.484 e. The molecule has 27 heavy (non-hydrogen) atoms. The van der Waals surface area contributed by atoms with Crippen molar-refractivity contribution in [1.82, 2.24) is 15.0 Å². The Morgan fingerprint density at radius 3 is 2.81 bits per heavy atom. The Kier molecular flexibility index (Phi) is 5.11. The zero-order valence-corrected chi connectivity index (χ0v) is 15.5. The van der Waals surface area contributed by atoms with Crippen LogP contribution in [0.3, 0.4) is 0 Å². The molecule has 0 radical (unpaired) electrons. The van der Waals surface area contributed by atoms with Crippen LogP contribution in [0.2, 0.25) is 0 Å². The van der Waals surface area contributed by atoms with Gasteiger partial charge in [-0.3, -0.25) is 4.79 Å². The number of hydrogen-bond donors (Lipinski definition) is 1. The van der Waals surface area contributed by atoms with Crippen LogP contribution >= 0.6 is 0 Å². The van der Waals surface area contributed by atoms with E-state index in [1.807, 2.05) is 35.2 Å². The third-order valence-electron chi connectivity index (χ3n) is 5.61. The van der Waals surface area contributed by atoms with Gasteiger partial charge in [0, 0.05) is 13.1 Å². The zero-order valence-electron chi connectivity index (χ0n) is 15.5. The summed E-state index contributed by atoms with van der Waals surface area (Å²) in [5, 5.41) is 4.15. The maximum absolute atomic E-state index is 12.5. The molecule has 7 nitrogen and oxygen atoms in total. The quantitative estimate of drug-likeness (QED) is 0.869. The van der Waals surface area contributed by atoms with Gasteiger partial charge < -0.3 is 19.9 Å². The average molecular weight is 370 g/mol. The van der Waals surface area contributed by atoms with Crippen LogP contribution in [0, 0.1) is 0 Å². The molecular weight excluding hydrogens is 344 g/mol. The first-order valence-electron chi connectivity index (χ1n) is 9.73. The molecule has 1 atom stereocenters. The van der Waals surface area contributed by atoms with E-state index in [0.29, 0.717) is 24.0 Å². The number of piperidine rings is 1. The summed E-state index contributed by atoms with van der Waals surface area (Å²) in [7, 11) is 0. The molecule has 7 heteroatoms. The van der Waals surface area contributed by atoms with E-state index in [1.54, 1.807) is 0 Å².